The highest BCUT2D eigenvalue weighted by molar-refractivity contribution is 7.91. The summed E-state index contributed by atoms with van der Waals surface area (Å²) in [6.45, 7) is 6.44. The largest absolute Gasteiger partial charge is 0.390 e. The molecule has 5 nitrogen and oxygen atoms in total. The molecular formula is C16H25ClN2O3S. The van der Waals surface area contributed by atoms with Crippen molar-refractivity contribution in [3.8, 4) is 0 Å². The van der Waals surface area contributed by atoms with E-state index >= 15 is 0 Å². The Bertz CT molecular complexity index is 620. The summed E-state index contributed by atoms with van der Waals surface area (Å²) in [6, 6.07) is 7.32. The van der Waals surface area contributed by atoms with Crippen LogP contribution in [0.5, 0.6) is 0 Å². The van der Waals surface area contributed by atoms with Gasteiger partial charge in [-0.15, -0.1) is 0 Å². The van der Waals surface area contributed by atoms with E-state index in [-0.39, 0.29) is 17.5 Å². The summed E-state index contributed by atoms with van der Waals surface area (Å²) in [4.78, 5) is 2.27. The number of sulfone groups is 1. The number of hydrogen-bond donors (Lipinski definition) is 2. The van der Waals surface area contributed by atoms with Gasteiger partial charge >= 0.3 is 0 Å². The molecule has 0 unspecified atom stereocenters. The first-order chi connectivity index (χ1) is 10.9. The molecule has 130 valence electrons. The second kappa shape index (κ2) is 7.94. The number of hydrogen-bond acceptors (Lipinski definition) is 5. The van der Waals surface area contributed by atoms with Gasteiger partial charge in [0.25, 0.3) is 0 Å². The Labute approximate surface area is 143 Å². The van der Waals surface area contributed by atoms with Crippen LogP contribution < -0.4 is 5.32 Å². The van der Waals surface area contributed by atoms with Crippen molar-refractivity contribution in [1.82, 2.24) is 10.2 Å². The molecule has 0 bridgehead atoms. The minimum Gasteiger partial charge on any atom is -0.390 e. The van der Waals surface area contributed by atoms with E-state index in [9.17, 15) is 13.5 Å². The van der Waals surface area contributed by atoms with Crippen LogP contribution in [0.25, 0.3) is 0 Å². The van der Waals surface area contributed by atoms with E-state index < -0.39 is 22.0 Å². The molecule has 2 rings (SSSR count). The van der Waals surface area contributed by atoms with Crippen LogP contribution >= 0.6 is 11.6 Å². The van der Waals surface area contributed by atoms with Crippen LogP contribution in [-0.4, -0.2) is 61.7 Å². The third-order valence-electron chi connectivity index (χ3n) is 4.41. The number of aliphatic hydroxyl groups is 1. The first-order valence-electron chi connectivity index (χ1n) is 7.98. The van der Waals surface area contributed by atoms with Crippen molar-refractivity contribution < 1.29 is 13.5 Å². The second-order valence-electron chi connectivity index (χ2n) is 5.92. The van der Waals surface area contributed by atoms with Crippen molar-refractivity contribution in [2.45, 2.75) is 32.0 Å². The summed E-state index contributed by atoms with van der Waals surface area (Å²) in [6.07, 6.45) is -0.844. The topological polar surface area (TPSA) is 69.6 Å². The van der Waals surface area contributed by atoms with Gasteiger partial charge in [-0.05, 0) is 24.7 Å². The van der Waals surface area contributed by atoms with Gasteiger partial charge in [-0.25, -0.2) is 8.42 Å². The van der Waals surface area contributed by atoms with Crippen LogP contribution in [0.4, 0.5) is 0 Å². The summed E-state index contributed by atoms with van der Waals surface area (Å²) < 4.78 is 23.3. The lowest BCUT2D eigenvalue weighted by Gasteiger charge is -2.32. The van der Waals surface area contributed by atoms with Crippen molar-refractivity contribution in [3.05, 3.63) is 34.9 Å². The average Bonchev–Trinajstić information content (AvgIpc) is 2.77. The molecule has 0 amide bonds. The number of nitrogens with one attached hydrogen (secondary N) is 1. The minimum atomic E-state index is -3.15. The Hall–Kier alpha value is -0.660. The van der Waals surface area contributed by atoms with Gasteiger partial charge in [0.2, 0.25) is 0 Å². The molecule has 0 spiro atoms. The molecule has 0 radical (unpaired) electrons. The van der Waals surface area contributed by atoms with Gasteiger partial charge in [-0.1, -0.05) is 43.6 Å². The number of rotatable bonds is 7. The maximum absolute atomic E-state index is 11.6. The van der Waals surface area contributed by atoms with Crippen LogP contribution in [0, 0.1) is 0 Å². The zero-order chi connectivity index (χ0) is 17.0. The molecule has 0 aromatic heterocycles. The van der Waals surface area contributed by atoms with Crippen LogP contribution in [0.1, 0.15) is 25.5 Å². The van der Waals surface area contributed by atoms with Crippen molar-refractivity contribution in [1.29, 1.82) is 0 Å². The smallest absolute Gasteiger partial charge is 0.154 e. The molecule has 7 heteroatoms. The third kappa shape index (κ3) is 4.67. The van der Waals surface area contributed by atoms with Crippen LogP contribution in [0.2, 0.25) is 5.02 Å². The van der Waals surface area contributed by atoms with Gasteiger partial charge in [-0.2, -0.15) is 0 Å². The minimum absolute atomic E-state index is 0.0122. The molecule has 1 heterocycles. The summed E-state index contributed by atoms with van der Waals surface area (Å²) in [5.41, 5.74) is 1.01. The SMILES string of the molecule is CCN(CC)[C@@H](CN[C@@H]1CS(=O)(=O)C[C@@H]1O)c1ccccc1Cl. The second-order valence-corrected chi connectivity index (χ2v) is 8.48. The summed E-state index contributed by atoms with van der Waals surface area (Å²) >= 11 is 6.35. The van der Waals surface area contributed by atoms with Gasteiger partial charge in [-0.3, -0.25) is 4.90 Å². The number of halogens is 1. The van der Waals surface area contributed by atoms with Crippen LogP contribution in [0.3, 0.4) is 0 Å². The van der Waals surface area contributed by atoms with Crippen molar-refractivity contribution in [3.63, 3.8) is 0 Å². The van der Waals surface area contributed by atoms with Crippen molar-refractivity contribution >= 4 is 21.4 Å². The van der Waals surface area contributed by atoms with E-state index in [4.69, 9.17) is 11.6 Å². The number of nitrogens with zero attached hydrogens (tertiary/aromatic N) is 1. The zero-order valence-corrected chi connectivity index (χ0v) is 15.1. The Morgan fingerprint density at radius 2 is 1.96 bits per heavy atom. The van der Waals surface area contributed by atoms with Gasteiger partial charge < -0.3 is 10.4 Å². The molecule has 1 aromatic rings. The highest BCUT2D eigenvalue weighted by atomic mass is 35.5. The maximum Gasteiger partial charge on any atom is 0.154 e. The van der Waals surface area contributed by atoms with E-state index in [2.05, 4.69) is 24.1 Å². The molecule has 23 heavy (non-hydrogen) atoms. The number of aliphatic hydroxyl groups excluding tert-OH is 1. The Morgan fingerprint density at radius 3 is 2.48 bits per heavy atom. The lowest BCUT2D eigenvalue weighted by molar-refractivity contribution is 0.151. The monoisotopic (exact) mass is 360 g/mol. The molecule has 0 aliphatic carbocycles. The predicted octanol–water partition coefficient (Wildman–Crippen LogP) is 1.47. The van der Waals surface area contributed by atoms with Crippen LogP contribution in [-0.2, 0) is 9.84 Å². The van der Waals surface area contributed by atoms with E-state index in [1.54, 1.807) is 0 Å². The molecule has 0 saturated carbocycles. The predicted molar refractivity (Wildman–Crippen MR) is 93.6 cm³/mol. The molecule has 1 aromatic carbocycles. The van der Waals surface area contributed by atoms with Crippen LogP contribution in [0.15, 0.2) is 24.3 Å². The molecule has 1 aliphatic heterocycles. The zero-order valence-electron chi connectivity index (χ0n) is 13.6. The fourth-order valence-electron chi connectivity index (χ4n) is 3.13. The highest BCUT2D eigenvalue weighted by Crippen LogP contribution is 2.27. The Morgan fingerprint density at radius 1 is 1.30 bits per heavy atom. The molecule has 2 N–H and O–H groups in total. The lowest BCUT2D eigenvalue weighted by Crippen LogP contribution is -2.44. The average molecular weight is 361 g/mol. The Balaban J connectivity index is 2.14. The lowest BCUT2D eigenvalue weighted by atomic mass is 10.0. The van der Waals surface area contributed by atoms with E-state index in [0.29, 0.717) is 11.6 Å². The van der Waals surface area contributed by atoms with E-state index in [0.717, 1.165) is 18.7 Å². The molecular weight excluding hydrogens is 336 g/mol. The van der Waals surface area contributed by atoms with Crippen molar-refractivity contribution in [2.24, 2.45) is 0 Å². The first-order valence-corrected chi connectivity index (χ1v) is 10.2. The molecule has 1 aliphatic rings. The fraction of sp³-hybridized carbons (Fsp3) is 0.625. The molecule has 3 atom stereocenters. The first kappa shape index (κ1) is 18.7. The van der Waals surface area contributed by atoms with Crippen molar-refractivity contribution in [2.75, 3.05) is 31.1 Å². The number of likely N-dealkylation sites (N-methyl/N-ethyl adjacent to an activating group) is 1. The Kier molecular flexibility index (Phi) is 6.45. The van der Waals surface area contributed by atoms with Gasteiger partial charge in [0, 0.05) is 23.7 Å². The number of benzene rings is 1. The fourth-order valence-corrected chi connectivity index (χ4v) is 5.17. The van der Waals surface area contributed by atoms with Gasteiger partial charge in [0.05, 0.1) is 17.6 Å². The normalized spacial score (nSPS) is 24.9. The van der Waals surface area contributed by atoms with E-state index in [1.165, 1.54) is 0 Å². The van der Waals surface area contributed by atoms with E-state index in [1.807, 2.05) is 24.3 Å². The van der Waals surface area contributed by atoms with Gasteiger partial charge in [0.1, 0.15) is 0 Å². The summed E-state index contributed by atoms with van der Waals surface area (Å²) in [5.74, 6) is -0.172. The highest BCUT2D eigenvalue weighted by Gasteiger charge is 2.36. The third-order valence-corrected chi connectivity index (χ3v) is 6.47. The molecule has 1 saturated heterocycles. The van der Waals surface area contributed by atoms with Gasteiger partial charge in [0.15, 0.2) is 9.84 Å². The summed E-state index contributed by atoms with van der Waals surface area (Å²) in [5, 5.41) is 13.9. The quantitative estimate of drug-likeness (QED) is 0.770. The molecule has 1 fully saturated rings. The standard InChI is InChI=1S/C16H25ClN2O3S/c1-3-19(4-2)15(12-7-5-6-8-13(12)17)9-18-14-10-23(21,22)11-16(14)20/h5-8,14-16,18,20H,3-4,9-11H2,1-2H3/t14-,15+,16+/m1/s1. The summed E-state index contributed by atoms with van der Waals surface area (Å²) in [7, 11) is -3.15. The maximum atomic E-state index is 11.6.